The number of benzene rings is 1. The van der Waals surface area contributed by atoms with Gasteiger partial charge in [0.2, 0.25) is 10.0 Å². The van der Waals surface area contributed by atoms with Gasteiger partial charge in [0.25, 0.3) is 0 Å². The van der Waals surface area contributed by atoms with E-state index in [1.807, 2.05) is 14.0 Å². The Hall–Kier alpha value is -2.62. The van der Waals surface area contributed by atoms with Gasteiger partial charge in [0.05, 0.1) is 27.7 Å². The highest BCUT2D eigenvalue weighted by atomic mass is 32.2. The van der Waals surface area contributed by atoms with Crippen LogP contribution in [-0.2, 0) is 17.1 Å². The topological polar surface area (TPSA) is 130 Å². The van der Waals surface area contributed by atoms with Crippen LogP contribution in [0.2, 0.25) is 0 Å². The van der Waals surface area contributed by atoms with Crippen LogP contribution in [0, 0.1) is 6.92 Å². The molecule has 1 aromatic carbocycles. The summed E-state index contributed by atoms with van der Waals surface area (Å²) in [4.78, 5) is 9.24. The Bertz CT molecular complexity index is 1200. The Kier molecular flexibility index (Phi) is 4.53. The lowest BCUT2D eigenvalue weighted by Crippen LogP contribution is -2.16. The molecule has 2 heterocycles. The van der Waals surface area contributed by atoms with Gasteiger partial charge in [0, 0.05) is 7.05 Å². The van der Waals surface area contributed by atoms with Crippen LogP contribution in [0.1, 0.15) is 48.1 Å². The van der Waals surface area contributed by atoms with Crippen LogP contribution in [0.15, 0.2) is 35.2 Å². The maximum Gasteiger partial charge on any atom is 0.238 e. The molecule has 3 aromatic rings. The van der Waals surface area contributed by atoms with Crippen molar-refractivity contribution in [2.24, 2.45) is 17.9 Å². The molecule has 8 nitrogen and oxygen atoms in total. The Morgan fingerprint density at radius 3 is 2.50 bits per heavy atom. The summed E-state index contributed by atoms with van der Waals surface area (Å²) in [5.41, 5.74) is 10.8. The average molecular weight is 398 g/mol. The fraction of sp³-hybridized carbons (Fsp3) is 0.316. The van der Waals surface area contributed by atoms with Gasteiger partial charge >= 0.3 is 0 Å². The Morgan fingerprint density at radius 1 is 1.18 bits per heavy atom. The number of hydrogen-bond acceptors (Lipinski definition) is 6. The number of aromatic nitrogens is 4. The second-order valence-electron chi connectivity index (χ2n) is 7.04. The van der Waals surface area contributed by atoms with E-state index in [4.69, 9.17) is 16.0 Å². The van der Waals surface area contributed by atoms with Crippen molar-refractivity contribution in [3.63, 3.8) is 0 Å². The van der Waals surface area contributed by atoms with Gasteiger partial charge in [-0.1, -0.05) is 18.2 Å². The number of sulfonamides is 1. The van der Waals surface area contributed by atoms with Gasteiger partial charge in [0.15, 0.2) is 5.65 Å². The van der Waals surface area contributed by atoms with Crippen molar-refractivity contribution in [1.29, 1.82) is 0 Å². The van der Waals surface area contributed by atoms with Crippen LogP contribution in [0.5, 0.6) is 0 Å². The standard InChI is InChI=1S/C19H22N6O2S/c1-11-22-18(16(20)12-7-9-14(10-8-12)28(21,26)27)15-17(13-5-3-4-6-13)24-25(2)19(15)23-11/h5,7-10,16H,3-4,6,20H2,1-2H3,(H2,21,26,27). The van der Waals surface area contributed by atoms with E-state index < -0.39 is 16.1 Å². The molecule has 1 atom stereocenters. The number of primary sulfonamides is 1. The third-order valence-corrected chi connectivity index (χ3v) is 5.96. The minimum Gasteiger partial charge on any atom is -0.319 e. The van der Waals surface area contributed by atoms with Crippen LogP contribution < -0.4 is 10.9 Å². The summed E-state index contributed by atoms with van der Waals surface area (Å²) >= 11 is 0. The van der Waals surface area contributed by atoms with Gasteiger partial charge in [-0.2, -0.15) is 5.10 Å². The van der Waals surface area contributed by atoms with Crippen molar-refractivity contribution in [2.75, 3.05) is 0 Å². The second kappa shape index (κ2) is 6.77. The third-order valence-electron chi connectivity index (χ3n) is 5.03. The Morgan fingerprint density at radius 2 is 1.89 bits per heavy atom. The van der Waals surface area contributed by atoms with Crippen molar-refractivity contribution in [2.45, 2.75) is 37.1 Å². The van der Waals surface area contributed by atoms with Gasteiger partial charge in [-0.15, -0.1) is 0 Å². The highest BCUT2D eigenvalue weighted by molar-refractivity contribution is 7.89. The average Bonchev–Trinajstić information content (AvgIpc) is 3.28. The first-order valence-electron chi connectivity index (χ1n) is 9.04. The minimum absolute atomic E-state index is 0.0469. The largest absolute Gasteiger partial charge is 0.319 e. The van der Waals surface area contributed by atoms with Crippen molar-refractivity contribution in [3.8, 4) is 0 Å². The summed E-state index contributed by atoms with van der Waals surface area (Å²) < 4.78 is 24.8. The van der Waals surface area contributed by atoms with E-state index in [1.165, 1.54) is 17.7 Å². The quantitative estimate of drug-likeness (QED) is 0.691. The molecule has 0 bridgehead atoms. The molecule has 1 unspecified atom stereocenters. The molecule has 0 amide bonds. The van der Waals surface area contributed by atoms with Crippen LogP contribution in [0.25, 0.3) is 16.6 Å². The van der Waals surface area contributed by atoms with Gasteiger partial charge in [-0.3, -0.25) is 0 Å². The molecule has 0 fully saturated rings. The highest BCUT2D eigenvalue weighted by Gasteiger charge is 2.24. The number of fused-ring (bicyclic) bond motifs is 1. The van der Waals surface area contributed by atoms with Gasteiger partial charge in [-0.05, 0) is 49.5 Å². The van der Waals surface area contributed by atoms with Crippen molar-refractivity contribution >= 4 is 26.6 Å². The number of nitrogens with zero attached hydrogens (tertiary/aromatic N) is 4. The predicted octanol–water partition coefficient (Wildman–Crippen LogP) is 1.93. The van der Waals surface area contributed by atoms with E-state index in [9.17, 15) is 8.42 Å². The highest BCUT2D eigenvalue weighted by Crippen LogP contribution is 2.35. The monoisotopic (exact) mass is 398 g/mol. The fourth-order valence-corrected chi connectivity index (χ4v) is 4.16. The lowest BCUT2D eigenvalue weighted by atomic mass is 9.99. The molecule has 2 aromatic heterocycles. The molecule has 0 spiro atoms. The molecule has 0 radical (unpaired) electrons. The molecular weight excluding hydrogens is 376 g/mol. The first-order valence-corrected chi connectivity index (χ1v) is 10.6. The molecule has 0 aliphatic heterocycles. The molecule has 1 aliphatic rings. The zero-order valence-corrected chi connectivity index (χ0v) is 16.6. The van der Waals surface area contributed by atoms with Gasteiger partial charge in [-0.25, -0.2) is 28.2 Å². The molecule has 4 N–H and O–H groups in total. The van der Waals surface area contributed by atoms with Crippen molar-refractivity contribution in [1.82, 2.24) is 19.7 Å². The summed E-state index contributed by atoms with van der Waals surface area (Å²) in [5.74, 6) is 0.606. The molecule has 1 aliphatic carbocycles. The molecule has 28 heavy (non-hydrogen) atoms. The van der Waals surface area contributed by atoms with Gasteiger partial charge < -0.3 is 5.73 Å². The van der Waals surface area contributed by atoms with Crippen LogP contribution in [0.3, 0.4) is 0 Å². The number of hydrogen-bond donors (Lipinski definition) is 2. The van der Waals surface area contributed by atoms with Crippen LogP contribution in [0.4, 0.5) is 0 Å². The van der Waals surface area contributed by atoms with Crippen LogP contribution >= 0.6 is 0 Å². The first-order chi connectivity index (χ1) is 13.3. The predicted molar refractivity (Wildman–Crippen MR) is 107 cm³/mol. The molecular formula is C19H22N6O2S. The maximum atomic E-state index is 11.5. The molecule has 146 valence electrons. The molecule has 9 heteroatoms. The Labute approximate surface area is 163 Å². The molecule has 0 saturated carbocycles. The molecule has 0 saturated heterocycles. The van der Waals surface area contributed by atoms with Gasteiger partial charge in [0.1, 0.15) is 5.82 Å². The lowest BCUT2D eigenvalue weighted by Gasteiger charge is -2.14. The maximum absolute atomic E-state index is 11.5. The zero-order chi connectivity index (χ0) is 20.1. The summed E-state index contributed by atoms with van der Waals surface area (Å²) in [5, 5.41) is 10.7. The summed E-state index contributed by atoms with van der Waals surface area (Å²) in [6, 6.07) is 5.69. The minimum atomic E-state index is -3.75. The van der Waals surface area contributed by atoms with E-state index in [-0.39, 0.29) is 4.90 Å². The van der Waals surface area contributed by atoms with E-state index in [1.54, 1.807) is 16.8 Å². The fourth-order valence-electron chi connectivity index (χ4n) is 3.65. The van der Waals surface area contributed by atoms with E-state index >= 15 is 0 Å². The van der Waals surface area contributed by atoms with E-state index in [2.05, 4.69) is 16.0 Å². The normalized spacial score (nSPS) is 15.8. The number of allylic oxidation sites excluding steroid dienone is 2. The molecule has 4 rings (SSSR count). The second-order valence-corrected chi connectivity index (χ2v) is 8.60. The number of rotatable bonds is 4. The smallest absolute Gasteiger partial charge is 0.238 e. The summed E-state index contributed by atoms with van der Waals surface area (Å²) in [6.07, 6.45) is 5.32. The third kappa shape index (κ3) is 3.21. The van der Waals surface area contributed by atoms with E-state index in [0.29, 0.717) is 11.5 Å². The van der Waals surface area contributed by atoms with E-state index in [0.717, 1.165) is 41.6 Å². The first kappa shape index (κ1) is 18.7. The zero-order valence-electron chi connectivity index (χ0n) is 15.8. The SMILES string of the molecule is Cc1nc(C(N)c2ccc(S(N)(=O)=O)cc2)c2c(C3=CCCC3)nn(C)c2n1. The number of nitrogens with two attached hydrogens (primary N) is 2. The van der Waals surface area contributed by atoms with Crippen LogP contribution in [-0.4, -0.2) is 28.2 Å². The lowest BCUT2D eigenvalue weighted by molar-refractivity contribution is 0.597. The Balaban J connectivity index is 1.87. The summed E-state index contributed by atoms with van der Waals surface area (Å²) in [6.45, 7) is 1.82. The van der Waals surface area contributed by atoms with Crippen molar-refractivity contribution < 1.29 is 8.42 Å². The summed E-state index contributed by atoms with van der Waals surface area (Å²) in [7, 11) is -1.89. The van der Waals surface area contributed by atoms with Crippen molar-refractivity contribution in [3.05, 3.63) is 53.1 Å². The number of aryl methyl sites for hydroxylation is 2.